The minimum atomic E-state index is -1.00. The third-order valence-corrected chi connectivity index (χ3v) is 3.86. The second-order valence-electron chi connectivity index (χ2n) is 4.74. The maximum Gasteiger partial charge on any atom is 0.315 e. The molecule has 0 saturated heterocycles. The van der Waals surface area contributed by atoms with E-state index in [-0.39, 0.29) is 12.6 Å². The van der Waals surface area contributed by atoms with Gasteiger partial charge in [0.2, 0.25) is 0 Å². The van der Waals surface area contributed by atoms with Crippen molar-refractivity contribution in [2.75, 3.05) is 6.54 Å². The van der Waals surface area contributed by atoms with E-state index < -0.39 is 5.60 Å². The van der Waals surface area contributed by atoms with Gasteiger partial charge in [-0.1, -0.05) is 0 Å². The van der Waals surface area contributed by atoms with Gasteiger partial charge in [-0.2, -0.15) is 11.3 Å². The Morgan fingerprint density at radius 2 is 2.41 bits per heavy atom. The van der Waals surface area contributed by atoms with E-state index in [0.717, 1.165) is 18.4 Å². The lowest BCUT2D eigenvalue weighted by molar-refractivity contribution is 0.0595. The highest BCUT2D eigenvalue weighted by Crippen LogP contribution is 2.22. The van der Waals surface area contributed by atoms with Crippen LogP contribution in [0.2, 0.25) is 0 Å². The van der Waals surface area contributed by atoms with Crippen molar-refractivity contribution in [1.82, 2.24) is 10.6 Å². The van der Waals surface area contributed by atoms with Crippen molar-refractivity contribution in [2.24, 2.45) is 0 Å². The fraction of sp³-hybridized carbons (Fsp3) is 0.583. The molecular formula is C12H18N2O2S. The van der Waals surface area contributed by atoms with Gasteiger partial charge in [0.05, 0.1) is 6.54 Å². The van der Waals surface area contributed by atoms with Crippen LogP contribution in [0.1, 0.15) is 31.7 Å². The van der Waals surface area contributed by atoms with Crippen LogP contribution in [-0.2, 0) is 5.60 Å². The van der Waals surface area contributed by atoms with Crippen LogP contribution in [-0.4, -0.2) is 23.7 Å². The quantitative estimate of drug-likeness (QED) is 0.767. The molecule has 1 aromatic heterocycles. The molecule has 1 aliphatic carbocycles. The van der Waals surface area contributed by atoms with Crippen LogP contribution in [0.15, 0.2) is 16.8 Å². The zero-order valence-electron chi connectivity index (χ0n) is 9.90. The van der Waals surface area contributed by atoms with E-state index >= 15 is 0 Å². The Labute approximate surface area is 105 Å². The number of urea groups is 1. The van der Waals surface area contributed by atoms with Crippen molar-refractivity contribution in [1.29, 1.82) is 0 Å². The number of carbonyl (C=O) groups is 1. The molecule has 1 heterocycles. The number of nitrogens with one attached hydrogen (secondary N) is 2. The predicted molar refractivity (Wildman–Crippen MR) is 68.1 cm³/mol. The Kier molecular flexibility index (Phi) is 3.69. The monoisotopic (exact) mass is 254 g/mol. The van der Waals surface area contributed by atoms with Gasteiger partial charge in [-0.05, 0) is 48.6 Å². The second kappa shape index (κ2) is 5.06. The summed E-state index contributed by atoms with van der Waals surface area (Å²) in [6.07, 6.45) is 3.32. The maximum absolute atomic E-state index is 11.5. The van der Waals surface area contributed by atoms with Crippen molar-refractivity contribution in [3.8, 4) is 0 Å². The van der Waals surface area contributed by atoms with E-state index in [9.17, 15) is 9.90 Å². The highest BCUT2D eigenvalue weighted by atomic mass is 32.1. The van der Waals surface area contributed by atoms with E-state index in [1.807, 2.05) is 16.8 Å². The molecule has 0 bridgehead atoms. The summed E-state index contributed by atoms with van der Waals surface area (Å²) in [5.74, 6) is 0. The standard InChI is InChI=1S/C12H18N2O2S/c1-12(16,9-5-6-17-7-9)8-13-11(15)14-10-3-2-4-10/h5-7,10,16H,2-4,8H2,1H3,(H2,13,14,15)/t12-/m1/s1. The summed E-state index contributed by atoms with van der Waals surface area (Å²) in [6.45, 7) is 1.93. The highest BCUT2D eigenvalue weighted by molar-refractivity contribution is 7.08. The minimum absolute atomic E-state index is 0.190. The van der Waals surface area contributed by atoms with Gasteiger partial charge < -0.3 is 15.7 Å². The maximum atomic E-state index is 11.5. The van der Waals surface area contributed by atoms with Crippen LogP contribution in [0.25, 0.3) is 0 Å². The van der Waals surface area contributed by atoms with E-state index in [2.05, 4.69) is 10.6 Å². The molecule has 0 unspecified atom stereocenters. The van der Waals surface area contributed by atoms with Crippen molar-refractivity contribution >= 4 is 17.4 Å². The second-order valence-corrected chi connectivity index (χ2v) is 5.52. The van der Waals surface area contributed by atoms with Crippen LogP contribution < -0.4 is 10.6 Å². The van der Waals surface area contributed by atoms with Gasteiger partial charge in [-0.25, -0.2) is 4.79 Å². The molecule has 17 heavy (non-hydrogen) atoms. The van der Waals surface area contributed by atoms with Crippen LogP contribution in [0, 0.1) is 0 Å². The lowest BCUT2D eigenvalue weighted by Crippen LogP contribution is -2.48. The molecule has 1 aliphatic rings. The molecule has 2 amide bonds. The summed E-state index contributed by atoms with van der Waals surface area (Å²) < 4.78 is 0. The van der Waals surface area contributed by atoms with E-state index in [4.69, 9.17) is 0 Å². The molecule has 5 heteroatoms. The summed E-state index contributed by atoms with van der Waals surface area (Å²) in [6, 6.07) is 2.00. The number of hydrogen-bond donors (Lipinski definition) is 3. The summed E-state index contributed by atoms with van der Waals surface area (Å²) in [7, 11) is 0. The highest BCUT2D eigenvalue weighted by Gasteiger charge is 2.25. The molecule has 1 atom stereocenters. The first kappa shape index (κ1) is 12.4. The first-order valence-corrected chi connectivity index (χ1v) is 6.81. The van der Waals surface area contributed by atoms with Crippen molar-refractivity contribution < 1.29 is 9.90 Å². The average molecular weight is 254 g/mol. The minimum Gasteiger partial charge on any atom is -0.384 e. The molecule has 2 rings (SSSR count). The number of rotatable bonds is 4. The number of amides is 2. The smallest absolute Gasteiger partial charge is 0.315 e. The number of aliphatic hydroxyl groups is 1. The van der Waals surface area contributed by atoms with Gasteiger partial charge in [0.1, 0.15) is 5.60 Å². The van der Waals surface area contributed by atoms with Gasteiger partial charge in [0.25, 0.3) is 0 Å². The van der Waals surface area contributed by atoms with E-state index in [0.29, 0.717) is 6.04 Å². The number of thiophene rings is 1. The molecule has 1 fully saturated rings. The zero-order chi connectivity index (χ0) is 12.3. The SMILES string of the molecule is C[C@@](O)(CNC(=O)NC1CCC1)c1ccsc1. The molecule has 4 nitrogen and oxygen atoms in total. The van der Waals surface area contributed by atoms with Gasteiger partial charge in [-0.3, -0.25) is 0 Å². The Hall–Kier alpha value is -1.07. The largest absolute Gasteiger partial charge is 0.384 e. The fourth-order valence-electron chi connectivity index (χ4n) is 1.71. The third kappa shape index (κ3) is 3.20. The molecular weight excluding hydrogens is 236 g/mol. The summed E-state index contributed by atoms with van der Waals surface area (Å²) in [5.41, 5.74) is -0.164. The first-order chi connectivity index (χ1) is 8.08. The molecule has 0 aromatic carbocycles. The van der Waals surface area contributed by atoms with Gasteiger partial charge in [0, 0.05) is 6.04 Å². The lowest BCUT2D eigenvalue weighted by Gasteiger charge is -2.28. The van der Waals surface area contributed by atoms with Crippen LogP contribution in [0.5, 0.6) is 0 Å². The molecule has 0 radical (unpaired) electrons. The Morgan fingerprint density at radius 1 is 1.65 bits per heavy atom. The molecule has 94 valence electrons. The number of carbonyl (C=O) groups excluding carboxylic acids is 1. The molecule has 1 saturated carbocycles. The van der Waals surface area contributed by atoms with Gasteiger partial charge >= 0.3 is 6.03 Å². The van der Waals surface area contributed by atoms with Gasteiger partial charge in [0.15, 0.2) is 0 Å². The summed E-state index contributed by atoms with van der Waals surface area (Å²) in [5, 5.41) is 19.6. The fourth-order valence-corrected chi connectivity index (χ4v) is 2.50. The third-order valence-electron chi connectivity index (χ3n) is 3.18. The Bertz CT molecular complexity index is 372. The average Bonchev–Trinajstić information content (AvgIpc) is 2.74. The van der Waals surface area contributed by atoms with Crippen molar-refractivity contribution in [2.45, 2.75) is 37.8 Å². The van der Waals surface area contributed by atoms with Crippen LogP contribution in [0.3, 0.4) is 0 Å². The molecule has 1 aromatic rings. The van der Waals surface area contributed by atoms with E-state index in [1.165, 1.54) is 17.8 Å². The normalized spacial score (nSPS) is 19.2. The predicted octanol–water partition coefficient (Wildman–Crippen LogP) is 1.81. The van der Waals surface area contributed by atoms with Crippen molar-refractivity contribution in [3.05, 3.63) is 22.4 Å². The Balaban J connectivity index is 1.78. The molecule has 0 aliphatic heterocycles. The number of hydrogen-bond acceptors (Lipinski definition) is 3. The lowest BCUT2D eigenvalue weighted by atomic mass is 9.93. The summed E-state index contributed by atoms with van der Waals surface area (Å²) >= 11 is 1.54. The molecule has 0 spiro atoms. The zero-order valence-corrected chi connectivity index (χ0v) is 10.7. The topological polar surface area (TPSA) is 61.4 Å². The van der Waals surface area contributed by atoms with Crippen LogP contribution >= 0.6 is 11.3 Å². The van der Waals surface area contributed by atoms with Crippen molar-refractivity contribution in [3.63, 3.8) is 0 Å². The summed E-state index contributed by atoms with van der Waals surface area (Å²) in [4.78, 5) is 11.5. The first-order valence-electron chi connectivity index (χ1n) is 5.87. The Morgan fingerprint density at radius 3 is 2.94 bits per heavy atom. The van der Waals surface area contributed by atoms with Crippen LogP contribution in [0.4, 0.5) is 4.79 Å². The van der Waals surface area contributed by atoms with Gasteiger partial charge in [-0.15, -0.1) is 0 Å². The van der Waals surface area contributed by atoms with E-state index in [1.54, 1.807) is 6.92 Å². The molecule has 3 N–H and O–H groups in total.